The van der Waals surface area contributed by atoms with Gasteiger partial charge in [0.05, 0.1) is 0 Å². The highest BCUT2D eigenvalue weighted by atomic mass is 19.1. The van der Waals surface area contributed by atoms with Crippen molar-refractivity contribution in [3.63, 3.8) is 0 Å². The maximum absolute atomic E-state index is 14.4. The fourth-order valence-corrected chi connectivity index (χ4v) is 2.54. The summed E-state index contributed by atoms with van der Waals surface area (Å²) in [6.45, 7) is 12.0. The van der Waals surface area contributed by atoms with Gasteiger partial charge in [-0.3, -0.25) is 0 Å². The molecule has 0 aromatic heterocycles. The maximum atomic E-state index is 14.4. The van der Waals surface area contributed by atoms with E-state index in [0.29, 0.717) is 11.1 Å². The Morgan fingerprint density at radius 1 is 1.12 bits per heavy atom. The Hall–Kier alpha value is -3.34. The van der Waals surface area contributed by atoms with E-state index >= 15 is 0 Å². The number of unbranched alkanes of at least 4 members (excludes halogenated alkanes) is 1. The van der Waals surface area contributed by atoms with Crippen LogP contribution in [0.25, 0.3) is 5.57 Å². The van der Waals surface area contributed by atoms with Crippen molar-refractivity contribution < 1.29 is 8.78 Å². The first kappa shape index (κ1) is 28.7. The van der Waals surface area contributed by atoms with Crippen molar-refractivity contribution in [3.05, 3.63) is 102 Å². The second kappa shape index (κ2) is 18.4. The van der Waals surface area contributed by atoms with Crippen molar-refractivity contribution in [1.82, 2.24) is 5.32 Å². The van der Waals surface area contributed by atoms with Crippen molar-refractivity contribution >= 4 is 18.1 Å². The quantitative estimate of drug-likeness (QED) is 0.164. The number of halogens is 2. The van der Waals surface area contributed by atoms with Crippen LogP contribution in [0.1, 0.15) is 45.6 Å². The maximum Gasteiger partial charge on any atom is 0.133 e. The number of allylic oxidation sites excluding steroid dienone is 9. The molecule has 0 atom stereocenters. The molecule has 0 saturated carbocycles. The summed E-state index contributed by atoms with van der Waals surface area (Å²) in [5, 5.41) is 3.16. The number of hydrogen-bond acceptors (Lipinski definition) is 2. The van der Waals surface area contributed by atoms with Crippen LogP contribution in [0.4, 0.5) is 8.78 Å². The molecule has 172 valence electrons. The Bertz CT molecular complexity index is 888. The molecule has 0 aliphatic heterocycles. The third-order valence-corrected chi connectivity index (χ3v) is 4.29. The molecule has 0 radical (unpaired) electrons. The van der Waals surface area contributed by atoms with Gasteiger partial charge in [-0.25, -0.2) is 18.8 Å². The van der Waals surface area contributed by atoms with Crippen molar-refractivity contribution in [1.29, 1.82) is 0 Å². The molecule has 0 fully saturated rings. The SMILES string of the molecule is C/C=C/C=C\N=CN=C\C=C/C(=C\C(CCCC)=C(\C)NC)c1ccc(F)cc1F.C=C. The van der Waals surface area contributed by atoms with Gasteiger partial charge < -0.3 is 5.32 Å². The lowest BCUT2D eigenvalue weighted by Gasteiger charge is -2.11. The van der Waals surface area contributed by atoms with E-state index in [1.807, 2.05) is 39.1 Å². The molecule has 0 saturated heterocycles. The molecule has 1 rings (SSSR count). The predicted octanol–water partition coefficient (Wildman–Crippen LogP) is 7.58. The monoisotopic (exact) mass is 439 g/mol. The molecule has 0 aliphatic carbocycles. The van der Waals surface area contributed by atoms with E-state index in [4.69, 9.17) is 0 Å². The molecule has 0 bridgehead atoms. The van der Waals surface area contributed by atoms with Crippen LogP contribution in [0.3, 0.4) is 0 Å². The predicted molar refractivity (Wildman–Crippen MR) is 137 cm³/mol. The number of aliphatic imine (C=N–C) groups is 2. The molecule has 0 spiro atoms. The van der Waals surface area contributed by atoms with Gasteiger partial charge in [-0.2, -0.15) is 0 Å². The third kappa shape index (κ3) is 11.7. The Morgan fingerprint density at radius 2 is 1.88 bits per heavy atom. The standard InChI is InChI=1S/C25H31F2N3.C2H4/c1-5-7-9-15-29-19-30-16-10-12-22(24-14-13-23(26)18-25(24)27)17-21(11-8-6-2)20(3)28-4;1-2/h5,7,9-10,12-19,28H,6,8,11H2,1-4H3;1-2H2/b7-5+,12-10-,15-9-,21-20-,22-17+,29-19?,30-16?;. The van der Waals surface area contributed by atoms with Gasteiger partial charge in [-0.1, -0.05) is 31.6 Å². The molecule has 0 aliphatic rings. The highest BCUT2D eigenvalue weighted by molar-refractivity contribution is 5.85. The largest absolute Gasteiger partial charge is 0.391 e. The van der Waals surface area contributed by atoms with E-state index in [1.54, 1.807) is 30.6 Å². The number of rotatable bonds is 11. The van der Waals surface area contributed by atoms with Crippen LogP contribution in [-0.2, 0) is 0 Å². The highest BCUT2D eigenvalue weighted by Crippen LogP contribution is 2.25. The first-order valence-corrected chi connectivity index (χ1v) is 10.6. The summed E-state index contributed by atoms with van der Waals surface area (Å²) in [7, 11) is 1.86. The van der Waals surface area contributed by atoms with Crippen LogP contribution < -0.4 is 5.32 Å². The first-order chi connectivity index (χ1) is 15.5. The van der Waals surface area contributed by atoms with Crippen LogP contribution >= 0.6 is 0 Å². The van der Waals surface area contributed by atoms with Crippen LogP contribution in [0.2, 0.25) is 0 Å². The minimum Gasteiger partial charge on any atom is -0.391 e. The van der Waals surface area contributed by atoms with Gasteiger partial charge >= 0.3 is 0 Å². The average Bonchev–Trinajstić information content (AvgIpc) is 2.80. The van der Waals surface area contributed by atoms with Gasteiger partial charge in [-0.15, -0.1) is 13.2 Å². The topological polar surface area (TPSA) is 36.8 Å². The minimum atomic E-state index is -0.601. The van der Waals surface area contributed by atoms with Crippen LogP contribution in [-0.4, -0.2) is 19.6 Å². The Balaban J connectivity index is 0.00000466. The fraction of sp³-hybridized carbons (Fsp3) is 0.259. The van der Waals surface area contributed by atoms with E-state index < -0.39 is 11.6 Å². The summed E-state index contributed by atoms with van der Waals surface area (Å²) in [5.74, 6) is -1.20. The second-order valence-corrected chi connectivity index (χ2v) is 6.52. The van der Waals surface area contributed by atoms with E-state index in [1.165, 1.54) is 18.5 Å². The number of hydrogen-bond donors (Lipinski definition) is 1. The number of nitrogens with zero attached hydrogens (tertiary/aromatic N) is 2. The van der Waals surface area contributed by atoms with Gasteiger partial charge in [0.15, 0.2) is 0 Å². The smallest absolute Gasteiger partial charge is 0.133 e. The number of benzene rings is 1. The van der Waals surface area contributed by atoms with Gasteiger partial charge in [0.2, 0.25) is 0 Å². The van der Waals surface area contributed by atoms with Gasteiger partial charge in [0.1, 0.15) is 18.0 Å². The molecule has 1 aromatic rings. The fourth-order valence-electron chi connectivity index (χ4n) is 2.54. The van der Waals surface area contributed by atoms with Gasteiger partial charge in [0.25, 0.3) is 0 Å². The zero-order valence-corrected chi connectivity index (χ0v) is 19.6. The Kier molecular flexibility index (Phi) is 16.5. The van der Waals surface area contributed by atoms with Crippen LogP contribution in [0.5, 0.6) is 0 Å². The van der Waals surface area contributed by atoms with Crippen molar-refractivity contribution in [2.45, 2.75) is 40.0 Å². The summed E-state index contributed by atoms with van der Waals surface area (Å²) >= 11 is 0. The Labute approximate surface area is 192 Å². The molecule has 0 amide bonds. The zero-order chi connectivity index (χ0) is 24.2. The van der Waals surface area contributed by atoms with Crippen LogP contribution in [0.15, 0.2) is 95.3 Å². The van der Waals surface area contributed by atoms with Crippen molar-refractivity contribution in [2.24, 2.45) is 9.98 Å². The van der Waals surface area contributed by atoms with Crippen LogP contribution in [0, 0.1) is 11.6 Å². The van der Waals surface area contributed by atoms with E-state index in [0.717, 1.165) is 36.6 Å². The van der Waals surface area contributed by atoms with Gasteiger partial charge in [-0.05, 0) is 68.2 Å². The molecule has 0 heterocycles. The summed E-state index contributed by atoms with van der Waals surface area (Å²) in [6.07, 6.45) is 18.5. The summed E-state index contributed by atoms with van der Waals surface area (Å²) in [4.78, 5) is 8.07. The lowest BCUT2D eigenvalue weighted by Crippen LogP contribution is -2.05. The third-order valence-electron chi connectivity index (χ3n) is 4.29. The van der Waals surface area contributed by atoms with E-state index in [2.05, 4.69) is 35.4 Å². The average molecular weight is 440 g/mol. The summed E-state index contributed by atoms with van der Waals surface area (Å²) in [5.41, 5.74) is 3.08. The molecule has 5 heteroatoms. The molecule has 1 N–H and O–H groups in total. The van der Waals surface area contributed by atoms with E-state index in [-0.39, 0.29) is 0 Å². The molecule has 0 unspecified atom stereocenters. The molecule has 3 nitrogen and oxygen atoms in total. The number of nitrogens with one attached hydrogen (secondary N) is 1. The zero-order valence-electron chi connectivity index (χ0n) is 19.6. The lowest BCUT2D eigenvalue weighted by molar-refractivity contribution is 0.581. The second-order valence-electron chi connectivity index (χ2n) is 6.52. The molecule has 32 heavy (non-hydrogen) atoms. The normalized spacial score (nSPS) is 13.4. The van der Waals surface area contributed by atoms with Crippen molar-refractivity contribution in [2.75, 3.05) is 7.05 Å². The van der Waals surface area contributed by atoms with Crippen molar-refractivity contribution in [3.8, 4) is 0 Å². The van der Waals surface area contributed by atoms with E-state index in [9.17, 15) is 8.78 Å². The summed E-state index contributed by atoms with van der Waals surface area (Å²) in [6, 6.07) is 3.62. The molecule has 1 aromatic carbocycles. The highest BCUT2D eigenvalue weighted by Gasteiger charge is 2.09. The molecular formula is C27H35F2N3. The molecular weight excluding hydrogens is 404 g/mol. The summed E-state index contributed by atoms with van der Waals surface area (Å²) < 4.78 is 27.8. The minimum absolute atomic E-state index is 0.335. The Morgan fingerprint density at radius 3 is 2.50 bits per heavy atom. The lowest BCUT2D eigenvalue weighted by atomic mass is 9.98. The first-order valence-electron chi connectivity index (χ1n) is 10.6. The van der Waals surface area contributed by atoms with Gasteiger partial charge in [0, 0.05) is 36.8 Å².